The molecule has 0 spiro atoms. The van der Waals surface area contributed by atoms with Crippen molar-refractivity contribution >= 4 is 34.8 Å². The number of hydrogen-bond acceptors (Lipinski definition) is 4. The first-order valence-electron chi connectivity index (χ1n) is 10.1. The van der Waals surface area contributed by atoms with Gasteiger partial charge in [0, 0.05) is 27.1 Å². The molecule has 0 unspecified atom stereocenters. The fraction of sp³-hybridized carbons (Fsp3) is 0.261. The van der Waals surface area contributed by atoms with Crippen LogP contribution in [0.2, 0.25) is 15.1 Å². The molecule has 0 saturated heterocycles. The maximum absolute atomic E-state index is 6.52. The van der Waals surface area contributed by atoms with E-state index in [1.807, 2.05) is 37.3 Å². The van der Waals surface area contributed by atoms with Gasteiger partial charge in [0.05, 0.1) is 16.4 Å². The van der Waals surface area contributed by atoms with Gasteiger partial charge in [-0.05, 0) is 50.1 Å². The van der Waals surface area contributed by atoms with Gasteiger partial charge in [-0.15, -0.1) is 0 Å². The Labute approximate surface area is 195 Å². The molecule has 8 heteroatoms. The molecule has 0 N–H and O–H groups in total. The molecule has 0 aliphatic rings. The second-order valence-electron chi connectivity index (χ2n) is 7.31. The zero-order valence-corrected chi connectivity index (χ0v) is 19.6. The summed E-state index contributed by atoms with van der Waals surface area (Å²) in [5.41, 5.74) is 4.00. The van der Waals surface area contributed by atoms with Crippen molar-refractivity contribution in [3.63, 3.8) is 0 Å². The molecule has 0 amide bonds. The molecule has 4 rings (SSSR count). The third-order valence-corrected chi connectivity index (χ3v) is 6.16. The van der Waals surface area contributed by atoms with Crippen molar-refractivity contribution in [2.24, 2.45) is 0 Å². The van der Waals surface area contributed by atoms with Gasteiger partial charge in [0.25, 0.3) is 5.89 Å². The minimum atomic E-state index is 0.251. The van der Waals surface area contributed by atoms with Crippen molar-refractivity contribution in [2.45, 2.75) is 39.5 Å². The first-order chi connectivity index (χ1) is 14.9. The highest BCUT2D eigenvalue weighted by Gasteiger charge is 2.25. The molecule has 2 heterocycles. The molecular formula is C23H21Cl3N4O. The molecule has 0 aliphatic heterocycles. The third-order valence-electron chi connectivity index (χ3n) is 5.37. The summed E-state index contributed by atoms with van der Waals surface area (Å²) in [6, 6.07) is 12.9. The summed E-state index contributed by atoms with van der Waals surface area (Å²) in [6.07, 6.45) is 1.89. The number of rotatable bonds is 6. The van der Waals surface area contributed by atoms with E-state index in [1.165, 1.54) is 0 Å². The Balaban J connectivity index is 1.91. The van der Waals surface area contributed by atoms with Crippen molar-refractivity contribution in [1.82, 2.24) is 19.9 Å². The average Bonchev–Trinajstić information content (AvgIpc) is 3.35. The Morgan fingerprint density at radius 1 is 0.968 bits per heavy atom. The Morgan fingerprint density at radius 3 is 2.29 bits per heavy atom. The molecular weight excluding hydrogens is 455 g/mol. The van der Waals surface area contributed by atoms with E-state index >= 15 is 0 Å². The van der Waals surface area contributed by atoms with Gasteiger partial charge < -0.3 is 4.52 Å². The van der Waals surface area contributed by atoms with Crippen LogP contribution < -0.4 is 0 Å². The second-order valence-corrected chi connectivity index (χ2v) is 8.59. The summed E-state index contributed by atoms with van der Waals surface area (Å²) >= 11 is 18.7. The van der Waals surface area contributed by atoms with E-state index in [1.54, 1.807) is 16.8 Å². The molecule has 0 fully saturated rings. The molecule has 0 bridgehead atoms. The van der Waals surface area contributed by atoms with E-state index in [-0.39, 0.29) is 5.92 Å². The minimum absolute atomic E-state index is 0.251. The minimum Gasteiger partial charge on any atom is -0.332 e. The highest BCUT2D eigenvalue weighted by Crippen LogP contribution is 2.36. The average molecular weight is 476 g/mol. The maximum atomic E-state index is 6.52. The smallest absolute Gasteiger partial charge is 0.278 e. The molecule has 31 heavy (non-hydrogen) atoms. The van der Waals surface area contributed by atoms with Crippen LogP contribution in [0.15, 0.2) is 47.0 Å². The summed E-state index contributed by atoms with van der Waals surface area (Å²) in [7, 11) is 0. The Bertz CT molecular complexity index is 1210. The summed E-state index contributed by atoms with van der Waals surface area (Å²) in [4.78, 5) is 4.65. The SMILES string of the molecule is CCC(CC)c1noc(-c2nn(-c3ccc(Cl)cc3Cl)c(-c3ccc(Cl)cc3)c2C)n1. The summed E-state index contributed by atoms with van der Waals surface area (Å²) in [6.45, 7) is 6.21. The quantitative estimate of drug-likeness (QED) is 0.286. The maximum Gasteiger partial charge on any atom is 0.278 e. The van der Waals surface area contributed by atoms with Gasteiger partial charge in [0.2, 0.25) is 0 Å². The van der Waals surface area contributed by atoms with E-state index in [0.717, 1.165) is 29.7 Å². The Morgan fingerprint density at radius 2 is 1.65 bits per heavy atom. The van der Waals surface area contributed by atoms with Crippen LogP contribution in [0.5, 0.6) is 0 Å². The third kappa shape index (κ3) is 4.22. The van der Waals surface area contributed by atoms with Crippen LogP contribution in [0.4, 0.5) is 0 Å². The second kappa shape index (κ2) is 9.03. The first kappa shape index (κ1) is 21.9. The molecule has 0 radical (unpaired) electrons. The highest BCUT2D eigenvalue weighted by atomic mass is 35.5. The highest BCUT2D eigenvalue weighted by molar-refractivity contribution is 6.35. The predicted octanol–water partition coefficient (Wildman–Crippen LogP) is 7.76. The van der Waals surface area contributed by atoms with E-state index in [2.05, 4.69) is 24.0 Å². The van der Waals surface area contributed by atoms with Gasteiger partial charge in [0.1, 0.15) is 0 Å². The van der Waals surface area contributed by atoms with Crippen LogP contribution in [0.25, 0.3) is 28.5 Å². The lowest BCUT2D eigenvalue weighted by atomic mass is 10.0. The molecule has 160 valence electrons. The number of halogens is 3. The van der Waals surface area contributed by atoms with E-state index in [9.17, 15) is 0 Å². The van der Waals surface area contributed by atoms with Crippen LogP contribution in [0, 0.1) is 6.92 Å². The molecule has 0 atom stereocenters. The van der Waals surface area contributed by atoms with E-state index in [4.69, 9.17) is 44.4 Å². The predicted molar refractivity (Wildman–Crippen MR) is 125 cm³/mol. The zero-order chi connectivity index (χ0) is 22.1. The van der Waals surface area contributed by atoms with Crippen LogP contribution >= 0.6 is 34.8 Å². The number of benzene rings is 2. The fourth-order valence-corrected chi connectivity index (χ4v) is 4.24. The largest absolute Gasteiger partial charge is 0.332 e. The fourth-order valence-electron chi connectivity index (χ4n) is 3.62. The lowest BCUT2D eigenvalue weighted by Gasteiger charge is -2.11. The van der Waals surface area contributed by atoms with E-state index in [0.29, 0.717) is 38.2 Å². The van der Waals surface area contributed by atoms with Crippen LogP contribution in [0.3, 0.4) is 0 Å². The first-order valence-corrected chi connectivity index (χ1v) is 11.2. The Kier molecular flexibility index (Phi) is 6.37. The molecule has 5 nitrogen and oxygen atoms in total. The lowest BCUT2D eigenvalue weighted by Crippen LogP contribution is -2.00. The molecule has 2 aromatic carbocycles. The molecule has 4 aromatic rings. The van der Waals surface area contributed by atoms with Crippen LogP contribution in [-0.4, -0.2) is 19.9 Å². The molecule has 0 aliphatic carbocycles. The van der Waals surface area contributed by atoms with E-state index < -0.39 is 0 Å². The monoisotopic (exact) mass is 474 g/mol. The van der Waals surface area contributed by atoms with Gasteiger partial charge in [-0.2, -0.15) is 10.1 Å². The van der Waals surface area contributed by atoms with Gasteiger partial charge in [0.15, 0.2) is 11.5 Å². The lowest BCUT2D eigenvalue weighted by molar-refractivity contribution is 0.411. The summed E-state index contributed by atoms with van der Waals surface area (Å²) in [5, 5.41) is 10.7. The summed E-state index contributed by atoms with van der Waals surface area (Å²) in [5.74, 6) is 1.34. The standard InChI is InChI=1S/C23H21Cl3N4O/c1-4-14(5-2)22-27-23(31-29-22)20-13(3)21(15-6-8-16(24)9-7-15)30(28-20)19-11-10-17(25)12-18(19)26/h6-12,14H,4-5H2,1-3H3. The number of nitrogens with zero attached hydrogens (tertiary/aromatic N) is 4. The van der Waals surface area contributed by atoms with Gasteiger partial charge in [-0.1, -0.05) is 65.9 Å². The van der Waals surface area contributed by atoms with Gasteiger partial charge in [-0.25, -0.2) is 4.68 Å². The Hall–Kier alpha value is -2.34. The number of aromatic nitrogens is 4. The van der Waals surface area contributed by atoms with Crippen molar-refractivity contribution in [3.8, 4) is 28.5 Å². The van der Waals surface area contributed by atoms with Crippen LogP contribution in [0.1, 0.15) is 44.0 Å². The number of hydrogen-bond donors (Lipinski definition) is 0. The van der Waals surface area contributed by atoms with Crippen molar-refractivity contribution in [1.29, 1.82) is 0 Å². The normalized spacial score (nSPS) is 11.5. The molecule has 0 saturated carbocycles. The zero-order valence-electron chi connectivity index (χ0n) is 17.4. The van der Waals surface area contributed by atoms with Crippen molar-refractivity contribution in [3.05, 3.63) is 68.9 Å². The van der Waals surface area contributed by atoms with Gasteiger partial charge >= 0.3 is 0 Å². The molecule has 2 aromatic heterocycles. The summed E-state index contributed by atoms with van der Waals surface area (Å²) < 4.78 is 7.40. The topological polar surface area (TPSA) is 56.7 Å². The van der Waals surface area contributed by atoms with Crippen molar-refractivity contribution < 1.29 is 4.52 Å². The van der Waals surface area contributed by atoms with Crippen LogP contribution in [-0.2, 0) is 0 Å². The van der Waals surface area contributed by atoms with Crippen molar-refractivity contribution in [2.75, 3.05) is 0 Å². The van der Waals surface area contributed by atoms with Gasteiger partial charge in [-0.3, -0.25) is 0 Å².